The van der Waals surface area contributed by atoms with Crippen LogP contribution < -0.4 is 0 Å². The molecule has 0 radical (unpaired) electrons. The molecule has 0 aromatic carbocycles. The highest BCUT2D eigenvalue weighted by molar-refractivity contribution is 9.10. The summed E-state index contributed by atoms with van der Waals surface area (Å²) < 4.78 is 0.806. The molecule has 62 valence electrons. The van der Waals surface area contributed by atoms with E-state index >= 15 is 0 Å². The summed E-state index contributed by atoms with van der Waals surface area (Å²) in [7, 11) is 0. The van der Waals surface area contributed by atoms with Gasteiger partial charge in [-0.25, -0.2) is 4.98 Å². The molecular weight excluding hydrogens is 237 g/mol. The Hall–Kier alpha value is -0.520. The molecule has 0 saturated carbocycles. The average Bonchev–Trinajstić information content (AvgIpc) is 2.05. The lowest BCUT2D eigenvalue weighted by molar-refractivity contribution is 1.26. The maximum Gasteiger partial charge on any atom is 0.107 e. The zero-order chi connectivity index (χ0) is 8.81. The van der Waals surface area contributed by atoms with Gasteiger partial charge in [-0.2, -0.15) is 0 Å². The number of halogens is 2. The number of nitrogens with zero attached hydrogens (tertiary/aromatic N) is 1. The molecule has 0 aliphatic heterocycles. The van der Waals surface area contributed by atoms with E-state index in [-0.39, 0.29) is 0 Å². The highest BCUT2D eigenvalue weighted by atomic mass is 79.9. The van der Waals surface area contributed by atoms with Gasteiger partial charge in [0.05, 0.1) is 0 Å². The Morgan fingerprint density at radius 2 is 2.42 bits per heavy atom. The number of aromatic nitrogens is 1. The fraction of sp³-hybridized carbons (Fsp3) is 0.222. The molecule has 0 aliphatic carbocycles. The average molecular weight is 245 g/mol. The van der Waals surface area contributed by atoms with Gasteiger partial charge in [0.15, 0.2) is 0 Å². The van der Waals surface area contributed by atoms with Crippen LogP contribution in [0.25, 0.3) is 0 Å². The van der Waals surface area contributed by atoms with Crippen LogP contribution in [0.5, 0.6) is 0 Å². The molecule has 0 N–H and O–H groups in total. The van der Waals surface area contributed by atoms with E-state index in [1.165, 1.54) is 0 Å². The Bertz CT molecular complexity index is 314. The molecule has 0 amide bonds. The molecule has 0 atom stereocenters. The standard InChI is InChI=1S/C9H7BrClN/c10-9-7-8(4-6-12-9)3-1-2-5-11/h4,6-7H,2,5H2. The van der Waals surface area contributed by atoms with Crippen LogP contribution in [0.15, 0.2) is 22.9 Å². The summed E-state index contributed by atoms with van der Waals surface area (Å²) >= 11 is 8.74. The number of alkyl halides is 1. The van der Waals surface area contributed by atoms with Crippen molar-refractivity contribution >= 4 is 27.5 Å². The van der Waals surface area contributed by atoms with Gasteiger partial charge in [-0.3, -0.25) is 0 Å². The molecule has 0 unspecified atom stereocenters. The van der Waals surface area contributed by atoms with Crippen LogP contribution in [-0.4, -0.2) is 10.9 Å². The predicted molar refractivity (Wildman–Crippen MR) is 54.2 cm³/mol. The van der Waals surface area contributed by atoms with Gasteiger partial charge in [-0.15, -0.1) is 11.6 Å². The third-order valence-electron chi connectivity index (χ3n) is 1.18. The van der Waals surface area contributed by atoms with Crippen LogP contribution in [0.1, 0.15) is 12.0 Å². The maximum atomic E-state index is 5.47. The molecule has 0 spiro atoms. The molecule has 1 nitrogen and oxygen atoms in total. The number of rotatable bonds is 1. The molecule has 3 heteroatoms. The quantitative estimate of drug-likeness (QED) is 0.421. The normalized spacial score (nSPS) is 8.83. The van der Waals surface area contributed by atoms with E-state index < -0.39 is 0 Å². The van der Waals surface area contributed by atoms with Crippen molar-refractivity contribution in [2.75, 3.05) is 5.88 Å². The molecule has 1 rings (SSSR count). The summed E-state index contributed by atoms with van der Waals surface area (Å²) in [6, 6.07) is 3.74. The van der Waals surface area contributed by atoms with Crippen molar-refractivity contribution in [2.24, 2.45) is 0 Å². The minimum atomic E-state index is 0.583. The first-order chi connectivity index (χ1) is 5.83. The van der Waals surface area contributed by atoms with Gasteiger partial charge in [0.25, 0.3) is 0 Å². The molecule has 0 aliphatic rings. The van der Waals surface area contributed by atoms with Crippen LogP contribution in [0.4, 0.5) is 0 Å². The Balaban J connectivity index is 2.71. The van der Waals surface area contributed by atoms with E-state index in [1.54, 1.807) is 6.20 Å². The molecule has 0 saturated heterocycles. The van der Waals surface area contributed by atoms with Crippen molar-refractivity contribution in [3.8, 4) is 11.8 Å². The molecule has 1 heterocycles. The van der Waals surface area contributed by atoms with Crippen LogP contribution >= 0.6 is 27.5 Å². The van der Waals surface area contributed by atoms with Crippen molar-refractivity contribution in [1.82, 2.24) is 4.98 Å². The van der Waals surface area contributed by atoms with E-state index in [4.69, 9.17) is 11.6 Å². The lowest BCUT2D eigenvalue weighted by atomic mass is 10.3. The van der Waals surface area contributed by atoms with Gasteiger partial charge in [0, 0.05) is 24.1 Å². The lowest BCUT2D eigenvalue weighted by Crippen LogP contribution is -1.77. The second kappa shape index (κ2) is 5.18. The summed E-state index contributed by atoms with van der Waals surface area (Å²) in [5.41, 5.74) is 0.960. The van der Waals surface area contributed by atoms with Gasteiger partial charge in [0.1, 0.15) is 4.60 Å². The first kappa shape index (κ1) is 9.57. The first-order valence-corrected chi connectivity index (χ1v) is 4.82. The van der Waals surface area contributed by atoms with Crippen LogP contribution in [0.2, 0.25) is 0 Å². The van der Waals surface area contributed by atoms with Crippen LogP contribution in [-0.2, 0) is 0 Å². The van der Waals surface area contributed by atoms with Crippen molar-refractivity contribution < 1.29 is 0 Å². The van der Waals surface area contributed by atoms with Crippen molar-refractivity contribution in [3.63, 3.8) is 0 Å². The minimum absolute atomic E-state index is 0.583. The molecule has 1 aromatic heterocycles. The molecule has 0 fully saturated rings. The van der Waals surface area contributed by atoms with Crippen LogP contribution in [0, 0.1) is 11.8 Å². The topological polar surface area (TPSA) is 12.9 Å². The minimum Gasteiger partial charge on any atom is -0.249 e. The SMILES string of the molecule is ClCCC#Cc1ccnc(Br)c1. The van der Waals surface area contributed by atoms with E-state index in [0.29, 0.717) is 5.88 Å². The van der Waals surface area contributed by atoms with Gasteiger partial charge in [0.2, 0.25) is 0 Å². The Morgan fingerprint density at radius 1 is 1.58 bits per heavy atom. The Labute approximate surface area is 85.3 Å². The van der Waals surface area contributed by atoms with Gasteiger partial charge < -0.3 is 0 Å². The Kier molecular flexibility index (Phi) is 4.13. The van der Waals surface area contributed by atoms with Gasteiger partial charge >= 0.3 is 0 Å². The highest BCUT2D eigenvalue weighted by Gasteiger charge is 1.88. The van der Waals surface area contributed by atoms with E-state index in [0.717, 1.165) is 16.6 Å². The third kappa shape index (κ3) is 3.25. The number of hydrogen-bond acceptors (Lipinski definition) is 1. The van der Waals surface area contributed by atoms with Crippen molar-refractivity contribution in [3.05, 3.63) is 28.5 Å². The first-order valence-electron chi connectivity index (χ1n) is 3.49. The fourth-order valence-electron chi connectivity index (χ4n) is 0.692. The van der Waals surface area contributed by atoms with E-state index in [1.807, 2.05) is 12.1 Å². The summed E-state index contributed by atoms with van der Waals surface area (Å²) in [4.78, 5) is 3.99. The zero-order valence-electron chi connectivity index (χ0n) is 6.35. The smallest absolute Gasteiger partial charge is 0.107 e. The summed E-state index contributed by atoms with van der Waals surface area (Å²) in [6.07, 6.45) is 2.44. The fourth-order valence-corrected chi connectivity index (χ4v) is 1.15. The molecular formula is C9H7BrClN. The van der Waals surface area contributed by atoms with Crippen molar-refractivity contribution in [2.45, 2.75) is 6.42 Å². The molecule has 12 heavy (non-hydrogen) atoms. The molecule has 1 aromatic rings. The summed E-state index contributed by atoms with van der Waals surface area (Å²) in [6.45, 7) is 0. The monoisotopic (exact) mass is 243 g/mol. The second-order valence-electron chi connectivity index (χ2n) is 2.11. The Morgan fingerprint density at radius 3 is 3.08 bits per heavy atom. The number of hydrogen-bond donors (Lipinski definition) is 0. The molecule has 0 bridgehead atoms. The zero-order valence-corrected chi connectivity index (χ0v) is 8.69. The predicted octanol–water partition coefficient (Wildman–Crippen LogP) is 2.82. The largest absolute Gasteiger partial charge is 0.249 e. The second-order valence-corrected chi connectivity index (χ2v) is 3.30. The van der Waals surface area contributed by atoms with E-state index in [9.17, 15) is 0 Å². The third-order valence-corrected chi connectivity index (χ3v) is 1.80. The van der Waals surface area contributed by atoms with Crippen molar-refractivity contribution in [1.29, 1.82) is 0 Å². The lowest BCUT2D eigenvalue weighted by Gasteiger charge is -1.89. The maximum absolute atomic E-state index is 5.47. The van der Waals surface area contributed by atoms with E-state index in [2.05, 4.69) is 32.8 Å². The van der Waals surface area contributed by atoms with Gasteiger partial charge in [-0.05, 0) is 28.1 Å². The summed E-state index contributed by atoms with van der Waals surface area (Å²) in [5.74, 6) is 6.51. The van der Waals surface area contributed by atoms with Gasteiger partial charge in [-0.1, -0.05) is 11.8 Å². The highest BCUT2D eigenvalue weighted by Crippen LogP contribution is 2.06. The summed E-state index contributed by atoms with van der Waals surface area (Å²) in [5, 5.41) is 0. The number of pyridine rings is 1. The van der Waals surface area contributed by atoms with Crippen LogP contribution in [0.3, 0.4) is 0 Å².